The van der Waals surface area contributed by atoms with Crippen LogP contribution in [0, 0.1) is 23.9 Å². The Bertz CT molecular complexity index is 498. The first kappa shape index (κ1) is 16.8. The molecule has 22 heavy (non-hydrogen) atoms. The number of ether oxygens (including phenoxy) is 1. The van der Waals surface area contributed by atoms with Crippen molar-refractivity contribution in [1.29, 1.82) is 0 Å². The molecule has 1 aliphatic rings. The number of hydrogen-bond donors (Lipinski definition) is 0. The number of methoxy groups -OCH3 is 1. The fourth-order valence-electron chi connectivity index (χ4n) is 2.97. The first-order chi connectivity index (χ1) is 10.5. The lowest BCUT2D eigenvalue weighted by molar-refractivity contribution is -0.251. The highest BCUT2D eigenvalue weighted by Gasteiger charge is 2.34. The van der Waals surface area contributed by atoms with Gasteiger partial charge >= 0.3 is 5.97 Å². The van der Waals surface area contributed by atoms with Crippen molar-refractivity contribution in [3.05, 3.63) is 35.9 Å². The predicted octanol–water partition coefficient (Wildman–Crippen LogP) is 4.41. The van der Waals surface area contributed by atoms with Gasteiger partial charge in [-0.25, -0.2) is 4.79 Å². The molecule has 0 heterocycles. The second-order valence-electron chi connectivity index (χ2n) is 6.36. The maximum atomic E-state index is 12.2. The van der Waals surface area contributed by atoms with Gasteiger partial charge in [0.15, 0.2) is 6.10 Å². The molecule has 0 saturated heterocycles. The minimum absolute atomic E-state index is 0.349. The molecule has 2 rings (SSSR count). The zero-order chi connectivity index (χ0) is 16.1. The van der Waals surface area contributed by atoms with E-state index < -0.39 is 5.97 Å². The fourth-order valence-corrected chi connectivity index (χ4v) is 2.97. The molecule has 0 bridgehead atoms. The van der Waals surface area contributed by atoms with Crippen molar-refractivity contribution < 1.29 is 19.3 Å². The second-order valence-corrected chi connectivity index (χ2v) is 6.36. The van der Waals surface area contributed by atoms with Gasteiger partial charge < -0.3 is 4.74 Å². The van der Waals surface area contributed by atoms with E-state index in [0.29, 0.717) is 29.1 Å². The second kappa shape index (κ2) is 7.63. The van der Waals surface area contributed by atoms with Gasteiger partial charge in [-0.1, -0.05) is 39.3 Å². The third-order valence-electron chi connectivity index (χ3n) is 4.29. The molecule has 0 aliphatic heterocycles. The molecule has 1 aromatic rings. The fraction of sp³-hybridized carbons (Fsp3) is 0.556. The van der Waals surface area contributed by atoms with Crippen LogP contribution in [-0.4, -0.2) is 13.1 Å². The summed E-state index contributed by atoms with van der Waals surface area (Å²) in [4.78, 5) is 22.7. The third kappa shape index (κ3) is 4.01. The number of benzene rings is 1. The largest absolute Gasteiger partial charge is 0.496 e. The number of para-hydroxylation sites is 1. The molecule has 121 valence electrons. The Balaban J connectivity index is 1.99. The van der Waals surface area contributed by atoms with E-state index in [1.54, 1.807) is 18.2 Å². The SMILES string of the molecule is COc1ccccc1C(=O)OO[C]1CC(C)CCC1C(C)C. The minimum atomic E-state index is -0.523. The Hall–Kier alpha value is -1.55. The van der Waals surface area contributed by atoms with Gasteiger partial charge in [0.25, 0.3) is 0 Å². The zero-order valence-electron chi connectivity index (χ0n) is 13.8. The van der Waals surface area contributed by atoms with Crippen LogP contribution in [-0.2, 0) is 9.78 Å². The van der Waals surface area contributed by atoms with Crippen molar-refractivity contribution in [3.8, 4) is 5.75 Å². The summed E-state index contributed by atoms with van der Waals surface area (Å²) < 4.78 is 5.17. The molecule has 0 N–H and O–H groups in total. The highest BCUT2D eigenvalue weighted by atomic mass is 17.2. The van der Waals surface area contributed by atoms with Gasteiger partial charge in [0, 0.05) is 0 Å². The van der Waals surface area contributed by atoms with Crippen LogP contribution in [0.5, 0.6) is 5.75 Å². The summed E-state index contributed by atoms with van der Waals surface area (Å²) in [6.45, 7) is 6.54. The van der Waals surface area contributed by atoms with Gasteiger partial charge in [-0.05, 0) is 42.7 Å². The van der Waals surface area contributed by atoms with Gasteiger partial charge in [0.05, 0.1) is 7.11 Å². The van der Waals surface area contributed by atoms with Crippen LogP contribution < -0.4 is 4.74 Å². The van der Waals surface area contributed by atoms with Crippen LogP contribution in [0.1, 0.15) is 50.4 Å². The van der Waals surface area contributed by atoms with Crippen molar-refractivity contribution >= 4 is 5.97 Å². The normalized spacial score (nSPS) is 22.6. The quantitative estimate of drug-likeness (QED) is 0.597. The van der Waals surface area contributed by atoms with E-state index in [4.69, 9.17) is 14.5 Å². The van der Waals surface area contributed by atoms with Gasteiger partial charge in [0.2, 0.25) is 0 Å². The van der Waals surface area contributed by atoms with E-state index in [-0.39, 0.29) is 0 Å². The summed E-state index contributed by atoms with van der Waals surface area (Å²) in [6, 6.07) is 6.97. The van der Waals surface area contributed by atoms with Gasteiger partial charge in [-0.2, -0.15) is 4.89 Å². The monoisotopic (exact) mass is 305 g/mol. The van der Waals surface area contributed by atoms with Crippen LogP contribution in [0.25, 0.3) is 0 Å². The Morgan fingerprint density at radius 2 is 1.95 bits per heavy atom. The number of carbonyl (C=O) groups excluding carboxylic acids is 1. The summed E-state index contributed by atoms with van der Waals surface area (Å²) in [5.41, 5.74) is 0.371. The number of hydrogen-bond acceptors (Lipinski definition) is 4. The Kier molecular flexibility index (Phi) is 5.83. The van der Waals surface area contributed by atoms with Gasteiger partial charge in [-0.15, -0.1) is 0 Å². The molecule has 1 saturated carbocycles. The van der Waals surface area contributed by atoms with Gasteiger partial charge in [-0.3, -0.25) is 4.89 Å². The number of rotatable bonds is 5. The standard InChI is InChI=1S/C18H25O4/c1-12(2)14-10-9-13(3)11-17(14)21-22-18(19)15-7-5-6-8-16(15)20-4/h5-8,12-14H,9-11H2,1-4H3. The van der Waals surface area contributed by atoms with Gasteiger partial charge in [0.1, 0.15) is 11.3 Å². The predicted molar refractivity (Wildman–Crippen MR) is 84.1 cm³/mol. The lowest BCUT2D eigenvalue weighted by Gasteiger charge is -2.34. The molecule has 1 aromatic carbocycles. The third-order valence-corrected chi connectivity index (χ3v) is 4.29. The summed E-state index contributed by atoms with van der Waals surface area (Å²) in [7, 11) is 1.53. The summed E-state index contributed by atoms with van der Waals surface area (Å²) in [6.07, 6.45) is 4.01. The molecule has 0 amide bonds. The summed E-state index contributed by atoms with van der Waals surface area (Å²) in [5.74, 6) is 1.35. The summed E-state index contributed by atoms with van der Waals surface area (Å²) >= 11 is 0. The van der Waals surface area contributed by atoms with Crippen LogP contribution in [0.3, 0.4) is 0 Å². The molecule has 4 heteroatoms. The van der Waals surface area contributed by atoms with E-state index >= 15 is 0 Å². The minimum Gasteiger partial charge on any atom is -0.496 e. The lowest BCUT2D eigenvalue weighted by Crippen LogP contribution is -2.28. The van der Waals surface area contributed by atoms with E-state index in [2.05, 4.69) is 20.8 Å². The first-order valence-electron chi connectivity index (χ1n) is 7.90. The Morgan fingerprint density at radius 1 is 1.23 bits per heavy atom. The molecule has 0 spiro atoms. The molecule has 1 aliphatic carbocycles. The first-order valence-corrected chi connectivity index (χ1v) is 7.90. The van der Waals surface area contributed by atoms with Crippen molar-refractivity contribution in [1.82, 2.24) is 0 Å². The summed E-state index contributed by atoms with van der Waals surface area (Å²) in [5, 5.41) is 0. The highest BCUT2D eigenvalue weighted by molar-refractivity contribution is 5.92. The van der Waals surface area contributed by atoms with E-state index in [1.165, 1.54) is 13.5 Å². The zero-order valence-corrected chi connectivity index (χ0v) is 13.8. The molecule has 1 fully saturated rings. The molecule has 4 nitrogen and oxygen atoms in total. The molecule has 2 unspecified atom stereocenters. The van der Waals surface area contributed by atoms with Crippen LogP contribution in [0.15, 0.2) is 24.3 Å². The smallest absolute Gasteiger partial charge is 0.376 e. The van der Waals surface area contributed by atoms with E-state index in [1.807, 2.05) is 6.07 Å². The molecule has 0 aromatic heterocycles. The molecule has 2 atom stereocenters. The number of carbonyl (C=O) groups is 1. The molecular weight excluding hydrogens is 280 g/mol. The lowest BCUT2D eigenvalue weighted by atomic mass is 9.75. The average Bonchev–Trinajstić information content (AvgIpc) is 2.52. The van der Waals surface area contributed by atoms with Crippen molar-refractivity contribution in [2.75, 3.05) is 7.11 Å². The Labute approximate surface area is 132 Å². The molecule has 1 radical (unpaired) electrons. The maximum absolute atomic E-state index is 12.2. The molecular formula is C18H25O4. The van der Waals surface area contributed by atoms with Crippen LogP contribution in [0.2, 0.25) is 0 Å². The van der Waals surface area contributed by atoms with Crippen molar-refractivity contribution in [2.45, 2.75) is 40.0 Å². The van der Waals surface area contributed by atoms with Crippen molar-refractivity contribution in [2.24, 2.45) is 17.8 Å². The highest BCUT2D eigenvalue weighted by Crippen LogP contribution is 2.40. The van der Waals surface area contributed by atoms with Crippen molar-refractivity contribution in [3.63, 3.8) is 0 Å². The van der Waals surface area contributed by atoms with E-state index in [9.17, 15) is 4.79 Å². The maximum Gasteiger partial charge on any atom is 0.376 e. The Morgan fingerprint density at radius 3 is 2.64 bits per heavy atom. The van der Waals surface area contributed by atoms with Crippen LogP contribution in [0.4, 0.5) is 0 Å². The topological polar surface area (TPSA) is 44.8 Å². The van der Waals surface area contributed by atoms with E-state index in [0.717, 1.165) is 18.9 Å². The van der Waals surface area contributed by atoms with Crippen LogP contribution >= 0.6 is 0 Å². The average molecular weight is 305 g/mol.